The summed E-state index contributed by atoms with van der Waals surface area (Å²) in [5, 5.41) is 19.4. The summed E-state index contributed by atoms with van der Waals surface area (Å²) in [6.07, 6.45) is 36.7. The molecule has 4 unspecified atom stereocenters. The van der Waals surface area contributed by atoms with E-state index in [1.807, 2.05) is 18.7 Å². The van der Waals surface area contributed by atoms with Gasteiger partial charge in [-0.25, -0.2) is 4.79 Å². The second-order valence-electron chi connectivity index (χ2n) is 18.1. The number of hydrogen-bond acceptors (Lipinski definition) is 10. The van der Waals surface area contributed by atoms with Crippen molar-refractivity contribution < 1.29 is 38.8 Å². The van der Waals surface area contributed by atoms with Gasteiger partial charge < -0.3 is 24.4 Å². The van der Waals surface area contributed by atoms with E-state index in [9.17, 15) is 24.6 Å². The van der Waals surface area contributed by atoms with E-state index in [0.717, 1.165) is 70.6 Å². The molecule has 62 heavy (non-hydrogen) atoms. The fourth-order valence-electron chi connectivity index (χ4n) is 8.04. The number of thioether (sulfide) groups is 1. The molecular weight excluding hydrogens is 799 g/mol. The molecule has 0 rings (SSSR count). The molecule has 0 aliphatic heterocycles. The van der Waals surface area contributed by atoms with E-state index < -0.39 is 34.6 Å². The predicted octanol–water partition coefficient (Wildman–Crippen LogP) is 13.5. The van der Waals surface area contributed by atoms with Crippen LogP contribution in [0.5, 0.6) is 0 Å². The van der Waals surface area contributed by atoms with Crippen molar-refractivity contribution in [2.45, 2.75) is 276 Å². The van der Waals surface area contributed by atoms with Gasteiger partial charge in [0, 0.05) is 19.5 Å². The molecule has 0 aromatic heterocycles. The Morgan fingerprint density at radius 2 is 0.952 bits per heavy atom. The maximum Gasteiger partial charge on any atom is 0.348 e. The zero-order valence-corrected chi connectivity index (χ0v) is 42.1. The van der Waals surface area contributed by atoms with Crippen molar-refractivity contribution in [1.82, 2.24) is 4.90 Å². The lowest BCUT2D eigenvalue weighted by molar-refractivity contribution is -0.168. The molecule has 0 radical (unpaired) electrons. The number of nitrogens with zero attached hydrogens (tertiary/aromatic N) is 1. The van der Waals surface area contributed by atoms with Gasteiger partial charge in [0.15, 0.2) is 0 Å². The lowest BCUT2D eigenvalue weighted by Gasteiger charge is -2.27. The molecule has 0 saturated carbocycles. The van der Waals surface area contributed by atoms with Crippen LogP contribution in [-0.2, 0) is 28.6 Å². The number of carbonyl (C=O) groups excluding carboxylic acids is 3. The Hall–Kier alpha value is -1.36. The molecule has 0 fully saturated rings. The van der Waals surface area contributed by atoms with Crippen molar-refractivity contribution in [1.29, 1.82) is 0 Å². The summed E-state index contributed by atoms with van der Waals surface area (Å²) in [4.78, 5) is 42.0. The van der Waals surface area contributed by atoms with Gasteiger partial charge in [-0.05, 0) is 45.6 Å². The van der Waals surface area contributed by atoms with Crippen LogP contribution in [-0.4, -0.2) is 95.2 Å². The van der Waals surface area contributed by atoms with Crippen LogP contribution < -0.4 is 0 Å². The molecule has 0 aliphatic carbocycles. The van der Waals surface area contributed by atoms with E-state index in [2.05, 4.69) is 20.8 Å². The second-order valence-corrected chi connectivity index (χ2v) is 19.7. The number of unbranched alkanes of at least 4 members (excludes halogenated alkanes) is 26. The van der Waals surface area contributed by atoms with Crippen LogP contribution >= 0.6 is 11.8 Å². The van der Waals surface area contributed by atoms with Crippen molar-refractivity contribution in [3.63, 3.8) is 0 Å². The summed E-state index contributed by atoms with van der Waals surface area (Å²) < 4.78 is 17.2. The van der Waals surface area contributed by atoms with Gasteiger partial charge in [-0.15, -0.1) is 11.8 Å². The van der Waals surface area contributed by atoms with Crippen LogP contribution in [0.15, 0.2) is 0 Å². The highest BCUT2D eigenvalue weighted by molar-refractivity contribution is 8.01. The van der Waals surface area contributed by atoms with E-state index in [1.165, 1.54) is 134 Å². The summed E-state index contributed by atoms with van der Waals surface area (Å²) in [6.45, 7) is 12.4. The van der Waals surface area contributed by atoms with Gasteiger partial charge >= 0.3 is 17.9 Å². The first kappa shape index (κ1) is 60.6. The SMILES string of the molecule is CCCCCCCCCCCCCCCCCCCCOC(=O)C(C)SC(CCCCCCC)C(OC(=O)CCCN(CCO)CC(O)CCCCCCCC)C(=O)OCCC. The second kappa shape index (κ2) is 46.2. The van der Waals surface area contributed by atoms with Gasteiger partial charge in [-0.1, -0.05) is 207 Å². The van der Waals surface area contributed by atoms with E-state index in [0.29, 0.717) is 45.5 Å². The number of rotatable bonds is 48. The first-order valence-corrected chi connectivity index (χ1v) is 27.4. The summed E-state index contributed by atoms with van der Waals surface area (Å²) in [7, 11) is 0. The van der Waals surface area contributed by atoms with Crippen molar-refractivity contribution in [2.24, 2.45) is 0 Å². The topological polar surface area (TPSA) is 123 Å². The number of esters is 3. The zero-order valence-electron chi connectivity index (χ0n) is 41.3. The molecular formula is C52H101NO8S. The van der Waals surface area contributed by atoms with Gasteiger partial charge in [0.1, 0.15) is 5.25 Å². The van der Waals surface area contributed by atoms with E-state index in [-0.39, 0.29) is 25.6 Å². The highest BCUT2D eigenvalue weighted by Gasteiger charge is 2.36. The van der Waals surface area contributed by atoms with Crippen molar-refractivity contribution in [3.8, 4) is 0 Å². The smallest absolute Gasteiger partial charge is 0.348 e. The fourth-order valence-corrected chi connectivity index (χ4v) is 9.36. The van der Waals surface area contributed by atoms with Gasteiger partial charge in [-0.2, -0.15) is 0 Å². The molecule has 4 atom stereocenters. The Balaban J connectivity index is 4.89. The summed E-state index contributed by atoms with van der Waals surface area (Å²) in [5.41, 5.74) is 0. The molecule has 0 heterocycles. The maximum absolute atomic E-state index is 13.5. The molecule has 0 amide bonds. The van der Waals surface area contributed by atoms with Gasteiger partial charge in [0.25, 0.3) is 0 Å². The Kier molecular flexibility index (Phi) is 45.2. The predicted molar refractivity (Wildman–Crippen MR) is 262 cm³/mol. The minimum absolute atomic E-state index is 0.0309. The minimum Gasteiger partial charge on any atom is -0.465 e. The van der Waals surface area contributed by atoms with Crippen LogP contribution in [0, 0.1) is 0 Å². The number of carbonyl (C=O) groups is 3. The Labute approximate surface area is 387 Å². The van der Waals surface area contributed by atoms with E-state index in [4.69, 9.17) is 14.2 Å². The van der Waals surface area contributed by atoms with Crippen molar-refractivity contribution >= 4 is 29.7 Å². The molecule has 10 heteroatoms. The quantitative estimate of drug-likeness (QED) is 0.0347. The van der Waals surface area contributed by atoms with Crippen LogP contribution in [0.1, 0.15) is 253 Å². The van der Waals surface area contributed by atoms with Crippen LogP contribution in [0.2, 0.25) is 0 Å². The first-order valence-electron chi connectivity index (χ1n) is 26.4. The number of aliphatic hydroxyl groups excluding tert-OH is 2. The average Bonchev–Trinajstić information content (AvgIpc) is 3.26. The molecule has 0 spiro atoms. The third kappa shape index (κ3) is 38.0. The molecule has 0 aromatic rings. The largest absolute Gasteiger partial charge is 0.465 e. The summed E-state index contributed by atoms with van der Waals surface area (Å²) >= 11 is 1.36. The lowest BCUT2D eigenvalue weighted by atomic mass is 10.0. The lowest BCUT2D eigenvalue weighted by Crippen LogP contribution is -2.40. The maximum atomic E-state index is 13.5. The van der Waals surface area contributed by atoms with Crippen LogP contribution in [0.4, 0.5) is 0 Å². The third-order valence-corrected chi connectivity index (χ3v) is 13.4. The highest BCUT2D eigenvalue weighted by Crippen LogP contribution is 2.30. The Bertz CT molecular complexity index is 1000. The van der Waals surface area contributed by atoms with Crippen LogP contribution in [0.3, 0.4) is 0 Å². The normalized spacial score (nSPS) is 13.5. The summed E-state index contributed by atoms with van der Waals surface area (Å²) in [5.74, 6) is -1.35. The molecule has 0 bridgehead atoms. The average molecular weight is 900 g/mol. The molecule has 0 saturated heterocycles. The van der Waals surface area contributed by atoms with Crippen LogP contribution in [0.25, 0.3) is 0 Å². The van der Waals surface area contributed by atoms with Gasteiger partial charge in [0.2, 0.25) is 6.10 Å². The summed E-state index contributed by atoms with van der Waals surface area (Å²) in [6, 6.07) is 0. The highest BCUT2D eigenvalue weighted by atomic mass is 32.2. The zero-order chi connectivity index (χ0) is 45.7. The molecule has 368 valence electrons. The van der Waals surface area contributed by atoms with Crippen molar-refractivity contribution in [2.75, 3.05) is 39.5 Å². The number of ether oxygens (including phenoxy) is 3. The van der Waals surface area contributed by atoms with E-state index in [1.54, 1.807) is 0 Å². The Morgan fingerprint density at radius 1 is 0.516 bits per heavy atom. The number of hydrogen-bond donors (Lipinski definition) is 2. The molecule has 2 N–H and O–H groups in total. The van der Waals surface area contributed by atoms with E-state index >= 15 is 0 Å². The fraction of sp³-hybridized carbons (Fsp3) is 0.942. The Morgan fingerprint density at radius 3 is 1.42 bits per heavy atom. The standard InChI is InChI=1S/C52H101NO8S/c1-6-10-13-16-18-19-20-21-22-23-24-25-26-27-28-29-32-35-44-60-51(57)46(5)62-48(38-34-30-15-12-8-3)50(52(58)59-43-9-4)61-49(56)39-36-40-53(41-42-54)45-47(55)37-33-31-17-14-11-7-2/h46-48,50,54-55H,6-45H2,1-5H3. The first-order chi connectivity index (χ1) is 30.2. The minimum atomic E-state index is -1.12. The van der Waals surface area contributed by atoms with Gasteiger partial charge in [-0.3, -0.25) is 14.5 Å². The van der Waals surface area contributed by atoms with Gasteiger partial charge in [0.05, 0.1) is 31.2 Å². The molecule has 0 aromatic carbocycles. The van der Waals surface area contributed by atoms with Crippen molar-refractivity contribution in [3.05, 3.63) is 0 Å². The molecule has 0 aliphatic rings. The third-order valence-electron chi connectivity index (χ3n) is 12.0. The number of aliphatic hydroxyl groups is 2. The monoisotopic (exact) mass is 900 g/mol. The molecule has 9 nitrogen and oxygen atoms in total.